The van der Waals surface area contributed by atoms with Gasteiger partial charge in [-0.15, -0.1) is 12.4 Å². The van der Waals surface area contributed by atoms with Crippen molar-refractivity contribution in [2.24, 2.45) is 5.73 Å². The summed E-state index contributed by atoms with van der Waals surface area (Å²) in [6.45, 7) is 4.75. The summed E-state index contributed by atoms with van der Waals surface area (Å²) in [5.41, 5.74) is 6.45. The first-order valence-electron chi connectivity index (χ1n) is 5.80. The van der Waals surface area contributed by atoms with Gasteiger partial charge >= 0.3 is 0 Å². The Morgan fingerprint density at radius 3 is 2.83 bits per heavy atom. The Kier molecular flexibility index (Phi) is 8.16. The molecule has 3 N–H and O–H groups in total. The molecule has 5 heteroatoms. The number of benzene rings is 1. The van der Waals surface area contributed by atoms with Crippen molar-refractivity contribution < 1.29 is 9.53 Å². The molecule has 1 rings (SSSR count). The van der Waals surface area contributed by atoms with E-state index in [-0.39, 0.29) is 24.4 Å². The number of nitrogens with two attached hydrogens (primary N) is 1. The lowest BCUT2D eigenvalue weighted by Gasteiger charge is -2.15. The minimum absolute atomic E-state index is 0. The van der Waals surface area contributed by atoms with Crippen LogP contribution >= 0.6 is 12.4 Å². The first-order chi connectivity index (χ1) is 8.11. The molecule has 1 amide bonds. The van der Waals surface area contributed by atoms with E-state index in [4.69, 9.17) is 10.5 Å². The van der Waals surface area contributed by atoms with Gasteiger partial charge in [-0.2, -0.15) is 0 Å². The van der Waals surface area contributed by atoms with Crippen LogP contribution in [-0.2, 0) is 4.79 Å². The second kappa shape index (κ2) is 8.78. The number of ether oxygens (including phenoxy) is 1. The van der Waals surface area contributed by atoms with Gasteiger partial charge in [0.05, 0.1) is 6.04 Å². The highest BCUT2D eigenvalue weighted by Gasteiger charge is 2.07. The molecular formula is C13H21ClN2O2. The van der Waals surface area contributed by atoms with Crippen LogP contribution in [0.3, 0.4) is 0 Å². The van der Waals surface area contributed by atoms with E-state index < -0.39 is 0 Å². The number of hydrogen-bond donors (Lipinski definition) is 2. The van der Waals surface area contributed by atoms with E-state index in [9.17, 15) is 4.79 Å². The zero-order valence-corrected chi connectivity index (χ0v) is 11.6. The highest BCUT2D eigenvalue weighted by atomic mass is 35.5. The van der Waals surface area contributed by atoms with Crippen LogP contribution in [0.1, 0.15) is 18.9 Å². The number of rotatable bonds is 6. The molecule has 1 aromatic carbocycles. The average Bonchev–Trinajstić information content (AvgIpc) is 2.27. The summed E-state index contributed by atoms with van der Waals surface area (Å²) < 4.78 is 5.58. The van der Waals surface area contributed by atoms with Gasteiger partial charge in [0, 0.05) is 13.0 Å². The largest absolute Gasteiger partial charge is 0.491 e. The Labute approximate surface area is 114 Å². The second-order valence-corrected chi connectivity index (χ2v) is 4.13. The second-order valence-electron chi connectivity index (χ2n) is 4.13. The van der Waals surface area contributed by atoms with Crippen molar-refractivity contribution in [1.82, 2.24) is 5.32 Å². The molecule has 0 spiro atoms. The zero-order chi connectivity index (χ0) is 12.7. The van der Waals surface area contributed by atoms with Gasteiger partial charge in [-0.05, 0) is 31.5 Å². The first kappa shape index (κ1) is 16.7. The molecule has 0 aliphatic heterocycles. The lowest BCUT2D eigenvalue weighted by molar-refractivity contribution is -0.121. The molecule has 0 radical (unpaired) electrons. The highest BCUT2D eigenvalue weighted by molar-refractivity contribution is 5.85. The summed E-state index contributed by atoms with van der Waals surface area (Å²) in [5, 5.41) is 2.82. The third-order valence-electron chi connectivity index (χ3n) is 2.27. The van der Waals surface area contributed by atoms with Gasteiger partial charge in [0.25, 0.3) is 0 Å². The third-order valence-corrected chi connectivity index (χ3v) is 2.27. The molecule has 0 fully saturated rings. The molecule has 102 valence electrons. The molecule has 18 heavy (non-hydrogen) atoms. The Morgan fingerprint density at radius 2 is 2.22 bits per heavy atom. The maximum Gasteiger partial charge on any atom is 0.221 e. The van der Waals surface area contributed by atoms with E-state index in [1.807, 2.05) is 38.1 Å². The van der Waals surface area contributed by atoms with Crippen molar-refractivity contribution >= 4 is 18.3 Å². The van der Waals surface area contributed by atoms with E-state index in [1.54, 1.807) is 0 Å². The number of carbonyl (C=O) groups excluding carboxylic acids is 1. The first-order valence-corrected chi connectivity index (χ1v) is 5.80. The van der Waals surface area contributed by atoms with Crippen LogP contribution < -0.4 is 15.8 Å². The lowest BCUT2D eigenvalue weighted by atomic mass is 10.2. The topological polar surface area (TPSA) is 64.3 Å². The summed E-state index contributed by atoms with van der Waals surface area (Å²) in [6, 6.07) is 7.81. The minimum Gasteiger partial charge on any atom is -0.491 e. The van der Waals surface area contributed by atoms with Crippen molar-refractivity contribution in [1.29, 1.82) is 0 Å². The number of amides is 1. The molecule has 1 atom stereocenters. The average molecular weight is 273 g/mol. The van der Waals surface area contributed by atoms with E-state index >= 15 is 0 Å². The fourth-order valence-corrected chi connectivity index (χ4v) is 1.45. The van der Waals surface area contributed by atoms with E-state index in [0.717, 1.165) is 11.3 Å². The van der Waals surface area contributed by atoms with Gasteiger partial charge in [0.1, 0.15) is 12.4 Å². The number of nitrogens with one attached hydrogen (secondary N) is 1. The smallest absolute Gasteiger partial charge is 0.221 e. The SMILES string of the molecule is Cc1cccc(OCC(C)NC(=O)CCN)c1.Cl. The van der Waals surface area contributed by atoms with Crippen LogP contribution in [0.15, 0.2) is 24.3 Å². The molecule has 0 heterocycles. The van der Waals surface area contributed by atoms with E-state index in [0.29, 0.717) is 19.6 Å². The predicted molar refractivity (Wildman–Crippen MR) is 75.2 cm³/mol. The Bertz CT molecular complexity index is 372. The van der Waals surface area contributed by atoms with Crippen molar-refractivity contribution in [3.05, 3.63) is 29.8 Å². The summed E-state index contributed by atoms with van der Waals surface area (Å²) in [7, 11) is 0. The minimum atomic E-state index is -0.0344. The molecule has 0 aliphatic carbocycles. The van der Waals surface area contributed by atoms with Gasteiger partial charge in [0.2, 0.25) is 5.91 Å². The molecule has 0 saturated carbocycles. The van der Waals surface area contributed by atoms with Crippen LogP contribution in [0.4, 0.5) is 0 Å². The van der Waals surface area contributed by atoms with Crippen LogP contribution in [-0.4, -0.2) is 25.1 Å². The molecule has 0 aliphatic rings. The van der Waals surface area contributed by atoms with Gasteiger partial charge in [-0.25, -0.2) is 0 Å². The molecule has 0 bridgehead atoms. The van der Waals surface area contributed by atoms with Gasteiger partial charge < -0.3 is 15.8 Å². The maximum absolute atomic E-state index is 11.3. The third kappa shape index (κ3) is 6.47. The normalized spacial score (nSPS) is 11.3. The molecule has 1 aromatic rings. The van der Waals surface area contributed by atoms with E-state index in [2.05, 4.69) is 5.32 Å². The predicted octanol–water partition coefficient (Wildman–Crippen LogP) is 1.65. The monoisotopic (exact) mass is 272 g/mol. The van der Waals surface area contributed by atoms with Crippen LogP contribution in [0.2, 0.25) is 0 Å². The number of carbonyl (C=O) groups is 1. The van der Waals surface area contributed by atoms with Crippen molar-refractivity contribution in [3.63, 3.8) is 0 Å². The summed E-state index contributed by atoms with van der Waals surface area (Å²) >= 11 is 0. The summed E-state index contributed by atoms with van der Waals surface area (Å²) in [6.07, 6.45) is 0.356. The summed E-state index contributed by atoms with van der Waals surface area (Å²) in [4.78, 5) is 11.3. The molecule has 4 nitrogen and oxygen atoms in total. The van der Waals surface area contributed by atoms with Gasteiger partial charge in [0.15, 0.2) is 0 Å². The fraction of sp³-hybridized carbons (Fsp3) is 0.462. The number of halogens is 1. The van der Waals surface area contributed by atoms with E-state index in [1.165, 1.54) is 0 Å². The fourth-order valence-electron chi connectivity index (χ4n) is 1.45. The standard InChI is InChI=1S/C13H20N2O2.ClH/c1-10-4-3-5-12(8-10)17-9-11(2)15-13(16)6-7-14;/h3-5,8,11H,6-7,9,14H2,1-2H3,(H,15,16);1H. The van der Waals surface area contributed by atoms with Gasteiger partial charge in [-0.1, -0.05) is 12.1 Å². The summed E-state index contributed by atoms with van der Waals surface area (Å²) in [5.74, 6) is 0.790. The van der Waals surface area contributed by atoms with Crippen molar-refractivity contribution in [2.75, 3.05) is 13.2 Å². The lowest BCUT2D eigenvalue weighted by Crippen LogP contribution is -2.37. The molecule has 0 aromatic heterocycles. The molecule has 1 unspecified atom stereocenters. The van der Waals surface area contributed by atoms with Crippen LogP contribution in [0.25, 0.3) is 0 Å². The molecule has 0 saturated heterocycles. The quantitative estimate of drug-likeness (QED) is 0.828. The Hall–Kier alpha value is -1.26. The highest BCUT2D eigenvalue weighted by Crippen LogP contribution is 2.12. The Balaban J connectivity index is 0.00000289. The van der Waals surface area contributed by atoms with Crippen molar-refractivity contribution in [3.8, 4) is 5.75 Å². The Morgan fingerprint density at radius 1 is 1.50 bits per heavy atom. The number of aryl methyl sites for hydroxylation is 1. The maximum atomic E-state index is 11.3. The number of hydrogen-bond acceptors (Lipinski definition) is 3. The zero-order valence-electron chi connectivity index (χ0n) is 10.8. The van der Waals surface area contributed by atoms with Gasteiger partial charge in [-0.3, -0.25) is 4.79 Å². The van der Waals surface area contributed by atoms with Crippen molar-refractivity contribution in [2.45, 2.75) is 26.3 Å². The molecular weight excluding hydrogens is 252 g/mol. The van der Waals surface area contributed by atoms with Crippen LogP contribution in [0.5, 0.6) is 5.75 Å². The van der Waals surface area contributed by atoms with Crippen LogP contribution in [0, 0.1) is 6.92 Å².